The molecule has 0 aliphatic carbocycles. The molecule has 3 N–H and O–H groups in total. The molecular weight excluding hydrogens is 312 g/mol. The summed E-state index contributed by atoms with van der Waals surface area (Å²) >= 11 is 0. The number of hydrogen-bond acceptors (Lipinski definition) is 6. The van der Waals surface area contributed by atoms with Crippen molar-refractivity contribution in [1.82, 2.24) is 15.1 Å². The van der Waals surface area contributed by atoms with Gasteiger partial charge >= 0.3 is 0 Å². The molecule has 0 bridgehead atoms. The van der Waals surface area contributed by atoms with Crippen LogP contribution in [-0.2, 0) is 19.1 Å². The first-order valence-corrected chi connectivity index (χ1v) is 8.54. The SMILES string of the molecule is COCCCNC(=O)C(C)N1CCN(C(=O)CC(CN)OC)CC1. The van der Waals surface area contributed by atoms with Crippen LogP contribution in [0.25, 0.3) is 0 Å². The number of nitrogens with one attached hydrogen (secondary N) is 1. The molecule has 0 aromatic carbocycles. The highest BCUT2D eigenvalue weighted by Crippen LogP contribution is 2.09. The highest BCUT2D eigenvalue weighted by atomic mass is 16.5. The third kappa shape index (κ3) is 6.72. The number of hydrogen-bond donors (Lipinski definition) is 2. The van der Waals surface area contributed by atoms with Crippen LogP contribution in [0.1, 0.15) is 19.8 Å². The summed E-state index contributed by atoms with van der Waals surface area (Å²) < 4.78 is 10.1. The zero-order chi connectivity index (χ0) is 17.9. The van der Waals surface area contributed by atoms with E-state index in [1.54, 1.807) is 14.2 Å². The second-order valence-corrected chi connectivity index (χ2v) is 6.03. The molecule has 0 radical (unpaired) electrons. The van der Waals surface area contributed by atoms with Crippen LogP contribution in [0.15, 0.2) is 0 Å². The van der Waals surface area contributed by atoms with Gasteiger partial charge in [-0.05, 0) is 13.3 Å². The molecule has 1 saturated heterocycles. The highest BCUT2D eigenvalue weighted by Gasteiger charge is 2.28. The average Bonchev–Trinajstić information content (AvgIpc) is 2.62. The number of amides is 2. The third-order valence-corrected chi connectivity index (χ3v) is 4.42. The quantitative estimate of drug-likeness (QED) is 0.495. The molecule has 8 heteroatoms. The fraction of sp³-hybridized carbons (Fsp3) is 0.875. The Morgan fingerprint density at radius 3 is 2.42 bits per heavy atom. The minimum atomic E-state index is -0.229. The summed E-state index contributed by atoms with van der Waals surface area (Å²) in [6, 6.07) is -0.194. The molecule has 0 aromatic heterocycles. The summed E-state index contributed by atoms with van der Waals surface area (Å²) in [5.74, 6) is 0.0806. The summed E-state index contributed by atoms with van der Waals surface area (Å²) in [6.07, 6.45) is 0.883. The van der Waals surface area contributed by atoms with Gasteiger partial charge in [0.05, 0.1) is 18.6 Å². The van der Waals surface area contributed by atoms with E-state index in [1.807, 2.05) is 11.8 Å². The monoisotopic (exact) mass is 344 g/mol. The first kappa shape index (κ1) is 20.8. The Morgan fingerprint density at radius 2 is 1.88 bits per heavy atom. The number of methoxy groups -OCH3 is 2. The van der Waals surface area contributed by atoms with Crippen LogP contribution < -0.4 is 11.1 Å². The van der Waals surface area contributed by atoms with Crippen molar-refractivity contribution in [2.24, 2.45) is 5.73 Å². The molecular formula is C16H32N4O4. The Labute approximate surface area is 144 Å². The van der Waals surface area contributed by atoms with Crippen LogP contribution in [0.2, 0.25) is 0 Å². The summed E-state index contributed by atoms with van der Waals surface area (Å²) in [4.78, 5) is 28.3. The van der Waals surface area contributed by atoms with E-state index in [-0.39, 0.29) is 24.0 Å². The second-order valence-electron chi connectivity index (χ2n) is 6.03. The predicted octanol–water partition coefficient (Wildman–Crippen LogP) is -0.964. The number of piperazine rings is 1. The third-order valence-electron chi connectivity index (χ3n) is 4.42. The molecule has 8 nitrogen and oxygen atoms in total. The number of rotatable bonds is 10. The van der Waals surface area contributed by atoms with Gasteiger partial charge < -0.3 is 25.4 Å². The number of carbonyl (C=O) groups excluding carboxylic acids is 2. The molecule has 2 amide bonds. The van der Waals surface area contributed by atoms with E-state index < -0.39 is 0 Å². The number of carbonyl (C=O) groups is 2. The van der Waals surface area contributed by atoms with Crippen LogP contribution in [0, 0.1) is 0 Å². The Hall–Kier alpha value is -1.22. The molecule has 1 heterocycles. The molecule has 1 rings (SSSR count). The lowest BCUT2D eigenvalue weighted by Crippen LogP contribution is -2.55. The van der Waals surface area contributed by atoms with Crippen molar-refractivity contribution in [2.75, 3.05) is 60.1 Å². The number of nitrogens with two attached hydrogens (primary N) is 1. The molecule has 1 fully saturated rings. The van der Waals surface area contributed by atoms with Gasteiger partial charge in [-0.3, -0.25) is 14.5 Å². The Kier molecular flexibility index (Phi) is 9.85. The van der Waals surface area contributed by atoms with Gasteiger partial charge in [-0.2, -0.15) is 0 Å². The normalized spacial score (nSPS) is 18.2. The van der Waals surface area contributed by atoms with E-state index in [0.717, 1.165) is 6.42 Å². The predicted molar refractivity (Wildman–Crippen MR) is 91.6 cm³/mol. The van der Waals surface area contributed by atoms with Gasteiger partial charge in [-0.15, -0.1) is 0 Å². The lowest BCUT2D eigenvalue weighted by Gasteiger charge is -2.37. The summed E-state index contributed by atoms with van der Waals surface area (Å²) in [5, 5.41) is 2.92. The zero-order valence-electron chi connectivity index (χ0n) is 15.1. The fourth-order valence-electron chi connectivity index (χ4n) is 2.69. The van der Waals surface area contributed by atoms with Crippen LogP contribution >= 0.6 is 0 Å². The minimum absolute atomic E-state index is 0.0217. The van der Waals surface area contributed by atoms with Crippen molar-refractivity contribution in [3.8, 4) is 0 Å². The molecule has 2 unspecified atom stereocenters. The number of nitrogens with zero attached hydrogens (tertiary/aromatic N) is 2. The van der Waals surface area contributed by atoms with E-state index in [2.05, 4.69) is 10.2 Å². The molecule has 2 atom stereocenters. The molecule has 24 heavy (non-hydrogen) atoms. The lowest BCUT2D eigenvalue weighted by atomic mass is 10.2. The van der Waals surface area contributed by atoms with Gasteiger partial charge in [0.2, 0.25) is 11.8 Å². The van der Waals surface area contributed by atoms with E-state index in [9.17, 15) is 9.59 Å². The number of ether oxygens (including phenoxy) is 2. The van der Waals surface area contributed by atoms with Gasteiger partial charge in [0.25, 0.3) is 0 Å². The first-order valence-electron chi connectivity index (χ1n) is 8.54. The van der Waals surface area contributed by atoms with E-state index in [1.165, 1.54) is 0 Å². The van der Waals surface area contributed by atoms with Crippen LogP contribution in [-0.4, -0.2) is 93.9 Å². The molecule has 1 aliphatic rings. The fourth-order valence-corrected chi connectivity index (χ4v) is 2.69. The van der Waals surface area contributed by atoms with Gasteiger partial charge in [0.15, 0.2) is 0 Å². The van der Waals surface area contributed by atoms with E-state index >= 15 is 0 Å². The highest BCUT2D eigenvalue weighted by molar-refractivity contribution is 5.81. The summed E-state index contributed by atoms with van der Waals surface area (Å²) in [6.45, 7) is 6.13. The average molecular weight is 344 g/mol. The Bertz CT molecular complexity index is 382. The Balaban J connectivity index is 2.33. The van der Waals surface area contributed by atoms with Crippen molar-refractivity contribution in [3.63, 3.8) is 0 Å². The second kappa shape index (κ2) is 11.4. The maximum absolute atomic E-state index is 12.2. The van der Waals surface area contributed by atoms with E-state index in [0.29, 0.717) is 52.3 Å². The van der Waals surface area contributed by atoms with Crippen LogP contribution in [0.5, 0.6) is 0 Å². The van der Waals surface area contributed by atoms with Gasteiger partial charge in [-0.1, -0.05) is 0 Å². The topological polar surface area (TPSA) is 97.1 Å². The maximum atomic E-state index is 12.2. The smallest absolute Gasteiger partial charge is 0.237 e. The lowest BCUT2D eigenvalue weighted by molar-refractivity contribution is -0.136. The van der Waals surface area contributed by atoms with E-state index in [4.69, 9.17) is 15.2 Å². The standard InChI is InChI=1S/C16H32N4O4/c1-13(16(22)18-5-4-10-23-2)19-6-8-20(9-7-19)15(21)11-14(12-17)24-3/h13-14H,4-12,17H2,1-3H3,(H,18,22). The summed E-state index contributed by atoms with van der Waals surface area (Å²) in [5.41, 5.74) is 5.56. The first-order chi connectivity index (χ1) is 11.5. The van der Waals surface area contributed by atoms with Gasteiger partial charge in [-0.25, -0.2) is 0 Å². The largest absolute Gasteiger partial charge is 0.385 e. The van der Waals surface area contributed by atoms with Gasteiger partial charge in [0.1, 0.15) is 0 Å². The van der Waals surface area contributed by atoms with Crippen molar-refractivity contribution in [2.45, 2.75) is 31.9 Å². The molecule has 0 aromatic rings. The van der Waals surface area contributed by atoms with Crippen LogP contribution in [0.4, 0.5) is 0 Å². The van der Waals surface area contributed by atoms with Crippen molar-refractivity contribution in [1.29, 1.82) is 0 Å². The molecule has 0 saturated carbocycles. The van der Waals surface area contributed by atoms with Gasteiger partial charge in [0, 0.05) is 60.1 Å². The van der Waals surface area contributed by atoms with Crippen molar-refractivity contribution < 1.29 is 19.1 Å². The van der Waals surface area contributed by atoms with Crippen molar-refractivity contribution in [3.05, 3.63) is 0 Å². The summed E-state index contributed by atoms with van der Waals surface area (Å²) in [7, 11) is 3.21. The van der Waals surface area contributed by atoms with Crippen LogP contribution in [0.3, 0.4) is 0 Å². The van der Waals surface area contributed by atoms with Crippen molar-refractivity contribution >= 4 is 11.8 Å². The zero-order valence-corrected chi connectivity index (χ0v) is 15.1. The molecule has 1 aliphatic heterocycles. The minimum Gasteiger partial charge on any atom is -0.385 e. The Morgan fingerprint density at radius 1 is 1.21 bits per heavy atom. The molecule has 140 valence electrons. The molecule has 0 spiro atoms. The maximum Gasteiger partial charge on any atom is 0.237 e.